The first-order valence-electron chi connectivity index (χ1n) is 4.83. The highest BCUT2D eigenvalue weighted by Crippen LogP contribution is 2.18. The topological polar surface area (TPSA) is 58.6 Å². The van der Waals surface area contributed by atoms with E-state index >= 15 is 0 Å². The standard InChI is InChI=1S/C12H15NO3/c1-8(2)11(12(14)15)13-9-5-4-6-10(7-9)16-3/h4-7,11,13H,1H2,2-3H3,(H,14,15). The first-order chi connectivity index (χ1) is 7.54. The van der Waals surface area contributed by atoms with Crippen molar-refractivity contribution in [1.82, 2.24) is 0 Å². The van der Waals surface area contributed by atoms with Gasteiger partial charge in [-0.05, 0) is 24.6 Å². The summed E-state index contributed by atoms with van der Waals surface area (Å²) in [5.41, 5.74) is 1.24. The highest BCUT2D eigenvalue weighted by Gasteiger charge is 2.17. The van der Waals surface area contributed by atoms with Crippen LogP contribution in [0.15, 0.2) is 36.4 Å². The largest absolute Gasteiger partial charge is 0.497 e. The molecule has 1 atom stereocenters. The van der Waals surface area contributed by atoms with Crippen molar-refractivity contribution in [2.24, 2.45) is 0 Å². The van der Waals surface area contributed by atoms with Crippen molar-refractivity contribution >= 4 is 11.7 Å². The summed E-state index contributed by atoms with van der Waals surface area (Å²) in [7, 11) is 1.56. The van der Waals surface area contributed by atoms with E-state index in [1.807, 2.05) is 0 Å². The zero-order valence-corrected chi connectivity index (χ0v) is 9.36. The van der Waals surface area contributed by atoms with Crippen LogP contribution in [0.25, 0.3) is 0 Å². The van der Waals surface area contributed by atoms with Gasteiger partial charge in [0.1, 0.15) is 11.8 Å². The molecule has 2 N–H and O–H groups in total. The van der Waals surface area contributed by atoms with Gasteiger partial charge >= 0.3 is 5.97 Å². The molecule has 0 amide bonds. The Hall–Kier alpha value is -1.97. The molecule has 0 fully saturated rings. The van der Waals surface area contributed by atoms with Crippen LogP contribution in [0.4, 0.5) is 5.69 Å². The number of hydrogen-bond donors (Lipinski definition) is 2. The van der Waals surface area contributed by atoms with E-state index in [2.05, 4.69) is 11.9 Å². The molecular formula is C12H15NO3. The van der Waals surface area contributed by atoms with Crippen LogP contribution in [0.1, 0.15) is 6.92 Å². The van der Waals surface area contributed by atoms with Crippen LogP contribution in [-0.2, 0) is 4.79 Å². The van der Waals surface area contributed by atoms with Crippen LogP contribution in [0.2, 0.25) is 0 Å². The molecule has 86 valence electrons. The Bertz CT molecular complexity index is 387. The average molecular weight is 221 g/mol. The van der Waals surface area contributed by atoms with Gasteiger partial charge in [0.15, 0.2) is 0 Å². The van der Waals surface area contributed by atoms with Crippen LogP contribution in [0.3, 0.4) is 0 Å². The summed E-state index contributed by atoms with van der Waals surface area (Å²) in [6, 6.07) is 6.31. The number of carbonyl (C=O) groups is 1. The number of nitrogens with one attached hydrogen (secondary N) is 1. The second kappa shape index (κ2) is 5.21. The first-order valence-corrected chi connectivity index (χ1v) is 4.83. The fourth-order valence-corrected chi connectivity index (χ4v) is 1.28. The number of anilines is 1. The Labute approximate surface area is 94.6 Å². The summed E-state index contributed by atoms with van der Waals surface area (Å²) >= 11 is 0. The minimum Gasteiger partial charge on any atom is -0.497 e. The van der Waals surface area contributed by atoms with E-state index in [-0.39, 0.29) is 0 Å². The van der Waals surface area contributed by atoms with Crippen molar-refractivity contribution in [3.63, 3.8) is 0 Å². The van der Waals surface area contributed by atoms with Crippen LogP contribution in [-0.4, -0.2) is 24.2 Å². The molecule has 4 nitrogen and oxygen atoms in total. The molecule has 0 radical (unpaired) electrons. The number of ether oxygens (including phenoxy) is 1. The molecule has 0 saturated heterocycles. The summed E-state index contributed by atoms with van der Waals surface area (Å²) in [6.07, 6.45) is 0. The summed E-state index contributed by atoms with van der Waals surface area (Å²) in [4.78, 5) is 10.9. The number of rotatable bonds is 5. The van der Waals surface area contributed by atoms with E-state index in [0.717, 1.165) is 0 Å². The van der Waals surface area contributed by atoms with Gasteiger partial charge in [0, 0.05) is 11.8 Å². The van der Waals surface area contributed by atoms with Gasteiger partial charge < -0.3 is 15.2 Å². The minimum absolute atomic E-state index is 0.551. The van der Waals surface area contributed by atoms with Gasteiger partial charge in [0.2, 0.25) is 0 Å². The maximum absolute atomic E-state index is 10.9. The van der Waals surface area contributed by atoms with E-state index in [1.54, 1.807) is 38.3 Å². The predicted octanol–water partition coefficient (Wildman–Crippen LogP) is 2.14. The van der Waals surface area contributed by atoms with Crippen LogP contribution in [0, 0.1) is 0 Å². The molecule has 4 heteroatoms. The number of methoxy groups -OCH3 is 1. The smallest absolute Gasteiger partial charge is 0.330 e. The van der Waals surface area contributed by atoms with Crippen LogP contribution < -0.4 is 10.1 Å². The predicted molar refractivity (Wildman–Crippen MR) is 62.9 cm³/mol. The number of benzene rings is 1. The Morgan fingerprint density at radius 3 is 2.75 bits per heavy atom. The van der Waals surface area contributed by atoms with Gasteiger partial charge in [-0.15, -0.1) is 0 Å². The third-order valence-electron chi connectivity index (χ3n) is 2.12. The second-order valence-electron chi connectivity index (χ2n) is 3.49. The van der Waals surface area contributed by atoms with Crippen LogP contribution >= 0.6 is 0 Å². The lowest BCUT2D eigenvalue weighted by Crippen LogP contribution is -2.29. The maximum atomic E-state index is 10.9. The van der Waals surface area contributed by atoms with E-state index in [4.69, 9.17) is 9.84 Å². The quantitative estimate of drug-likeness (QED) is 0.748. The Balaban J connectivity index is 2.85. The Morgan fingerprint density at radius 1 is 1.56 bits per heavy atom. The first kappa shape index (κ1) is 12.1. The van der Waals surface area contributed by atoms with Crippen LogP contribution in [0.5, 0.6) is 5.75 Å². The molecule has 0 spiro atoms. The molecule has 0 aliphatic rings. The maximum Gasteiger partial charge on any atom is 0.330 e. The summed E-state index contributed by atoms with van der Waals surface area (Å²) in [6.45, 7) is 5.31. The van der Waals surface area contributed by atoms with Gasteiger partial charge in [0.25, 0.3) is 0 Å². The summed E-state index contributed by atoms with van der Waals surface area (Å²) in [5.74, 6) is -0.272. The van der Waals surface area contributed by atoms with Crippen molar-refractivity contribution in [2.45, 2.75) is 13.0 Å². The third-order valence-corrected chi connectivity index (χ3v) is 2.12. The third kappa shape index (κ3) is 3.02. The van der Waals surface area contributed by atoms with Crippen molar-refractivity contribution in [2.75, 3.05) is 12.4 Å². The van der Waals surface area contributed by atoms with Gasteiger partial charge in [-0.25, -0.2) is 4.79 Å². The van der Waals surface area contributed by atoms with E-state index in [9.17, 15) is 4.79 Å². The Morgan fingerprint density at radius 2 is 2.25 bits per heavy atom. The lowest BCUT2D eigenvalue weighted by atomic mass is 10.1. The molecule has 0 aromatic heterocycles. The number of carboxylic acids is 1. The molecule has 0 aliphatic heterocycles. The molecule has 1 aromatic carbocycles. The lowest BCUT2D eigenvalue weighted by Gasteiger charge is -2.16. The Kier molecular flexibility index (Phi) is 3.94. The summed E-state index contributed by atoms with van der Waals surface area (Å²) < 4.78 is 5.05. The van der Waals surface area contributed by atoms with Crippen molar-refractivity contribution in [3.05, 3.63) is 36.4 Å². The van der Waals surface area contributed by atoms with E-state index in [1.165, 1.54) is 0 Å². The molecule has 0 aliphatic carbocycles. The number of aliphatic carboxylic acids is 1. The molecule has 0 bridgehead atoms. The van der Waals surface area contributed by atoms with Crippen molar-refractivity contribution < 1.29 is 14.6 Å². The lowest BCUT2D eigenvalue weighted by molar-refractivity contribution is -0.137. The molecular weight excluding hydrogens is 206 g/mol. The highest BCUT2D eigenvalue weighted by atomic mass is 16.5. The molecule has 0 saturated carbocycles. The molecule has 16 heavy (non-hydrogen) atoms. The monoisotopic (exact) mass is 221 g/mol. The van der Waals surface area contributed by atoms with E-state index in [0.29, 0.717) is 17.0 Å². The van der Waals surface area contributed by atoms with Gasteiger partial charge in [-0.2, -0.15) is 0 Å². The minimum atomic E-state index is -0.949. The summed E-state index contributed by atoms with van der Waals surface area (Å²) in [5, 5.41) is 11.9. The van der Waals surface area contributed by atoms with Gasteiger partial charge in [-0.3, -0.25) is 0 Å². The molecule has 0 heterocycles. The fraction of sp³-hybridized carbons (Fsp3) is 0.250. The van der Waals surface area contributed by atoms with Crippen molar-refractivity contribution in [3.8, 4) is 5.75 Å². The van der Waals surface area contributed by atoms with Gasteiger partial charge in [0.05, 0.1) is 7.11 Å². The normalized spacial score (nSPS) is 11.6. The van der Waals surface area contributed by atoms with Crippen molar-refractivity contribution in [1.29, 1.82) is 0 Å². The van der Waals surface area contributed by atoms with Gasteiger partial charge in [-0.1, -0.05) is 12.6 Å². The zero-order chi connectivity index (χ0) is 12.1. The SMILES string of the molecule is C=C(C)C(Nc1cccc(OC)c1)C(=O)O. The van der Waals surface area contributed by atoms with E-state index < -0.39 is 12.0 Å². The highest BCUT2D eigenvalue weighted by molar-refractivity contribution is 5.81. The number of hydrogen-bond acceptors (Lipinski definition) is 3. The average Bonchev–Trinajstić information content (AvgIpc) is 2.25. The molecule has 1 aromatic rings. The fourth-order valence-electron chi connectivity index (χ4n) is 1.28. The second-order valence-corrected chi connectivity index (χ2v) is 3.49. The number of carboxylic acid groups (broad SMARTS) is 1. The molecule has 1 rings (SSSR count). The molecule has 1 unspecified atom stereocenters. The zero-order valence-electron chi connectivity index (χ0n) is 9.36.